The highest BCUT2D eigenvalue weighted by Gasteiger charge is 2.22. The van der Waals surface area contributed by atoms with Gasteiger partial charge in [0.15, 0.2) is 5.82 Å². The average Bonchev–Trinajstić information content (AvgIpc) is 2.82. The van der Waals surface area contributed by atoms with Crippen molar-refractivity contribution in [3.63, 3.8) is 0 Å². The van der Waals surface area contributed by atoms with E-state index in [4.69, 9.17) is 0 Å². The minimum Gasteiger partial charge on any atom is -0.308 e. The van der Waals surface area contributed by atoms with Gasteiger partial charge in [0.25, 0.3) is 0 Å². The number of rotatable bonds is 2. The number of carbonyl (C=O) groups is 1. The number of amides is 1. The molecule has 1 fully saturated rings. The lowest BCUT2D eigenvalue weighted by Gasteiger charge is -2.20. The molecule has 1 amide bonds. The SMILES string of the molecule is O=C(Nc1n[nH]c2ccc(F)cc12)C1CCCCC1. The van der Waals surface area contributed by atoms with Crippen LogP contribution in [-0.4, -0.2) is 16.1 Å². The maximum absolute atomic E-state index is 13.2. The van der Waals surface area contributed by atoms with E-state index in [9.17, 15) is 9.18 Å². The molecule has 0 aliphatic heterocycles. The highest BCUT2D eigenvalue weighted by atomic mass is 19.1. The summed E-state index contributed by atoms with van der Waals surface area (Å²) in [4.78, 5) is 12.1. The predicted octanol–water partition coefficient (Wildman–Crippen LogP) is 3.22. The number of anilines is 1. The van der Waals surface area contributed by atoms with Gasteiger partial charge in [-0.3, -0.25) is 9.89 Å². The van der Waals surface area contributed by atoms with Crippen molar-refractivity contribution in [2.24, 2.45) is 5.92 Å². The Morgan fingerprint density at radius 2 is 2.11 bits per heavy atom. The van der Waals surface area contributed by atoms with Gasteiger partial charge < -0.3 is 5.32 Å². The molecule has 0 spiro atoms. The van der Waals surface area contributed by atoms with Gasteiger partial charge in [0, 0.05) is 11.3 Å². The lowest BCUT2D eigenvalue weighted by Crippen LogP contribution is -2.24. The van der Waals surface area contributed by atoms with E-state index in [2.05, 4.69) is 15.5 Å². The average molecular weight is 261 g/mol. The summed E-state index contributed by atoms with van der Waals surface area (Å²) in [5.41, 5.74) is 0.723. The molecule has 3 rings (SSSR count). The molecule has 100 valence electrons. The van der Waals surface area contributed by atoms with E-state index in [0.717, 1.165) is 31.2 Å². The van der Waals surface area contributed by atoms with Crippen LogP contribution in [0.1, 0.15) is 32.1 Å². The first-order valence-corrected chi connectivity index (χ1v) is 6.68. The molecule has 19 heavy (non-hydrogen) atoms. The Balaban J connectivity index is 1.80. The summed E-state index contributed by atoms with van der Waals surface area (Å²) in [7, 11) is 0. The molecule has 0 saturated heterocycles. The van der Waals surface area contributed by atoms with Crippen molar-refractivity contribution in [3.05, 3.63) is 24.0 Å². The van der Waals surface area contributed by atoms with Crippen LogP contribution in [0.15, 0.2) is 18.2 Å². The third-order valence-electron chi connectivity index (χ3n) is 3.74. The van der Waals surface area contributed by atoms with Crippen LogP contribution in [0.4, 0.5) is 10.2 Å². The molecule has 1 heterocycles. The fraction of sp³-hybridized carbons (Fsp3) is 0.429. The Bertz CT molecular complexity index is 602. The molecule has 0 unspecified atom stereocenters. The Morgan fingerprint density at radius 3 is 2.89 bits per heavy atom. The van der Waals surface area contributed by atoms with Gasteiger partial charge >= 0.3 is 0 Å². The van der Waals surface area contributed by atoms with Gasteiger partial charge in [-0.05, 0) is 31.0 Å². The highest BCUT2D eigenvalue weighted by molar-refractivity contribution is 6.00. The zero-order valence-electron chi connectivity index (χ0n) is 10.6. The summed E-state index contributed by atoms with van der Waals surface area (Å²) in [6.45, 7) is 0. The molecule has 0 bridgehead atoms. The maximum Gasteiger partial charge on any atom is 0.228 e. The van der Waals surface area contributed by atoms with Crippen LogP contribution in [0, 0.1) is 11.7 Å². The quantitative estimate of drug-likeness (QED) is 0.872. The molecule has 1 aromatic carbocycles. The van der Waals surface area contributed by atoms with Gasteiger partial charge in [-0.1, -0.05) is 19.3 Å². The smallest absolute Gasteiger partial charge is 0.228 e. The normalized spacial score (nSPS) is 16.7. The monoisotopic (exact) mass is 261 g/mol. The standard InChI is InChI=1S/C14H16FN3O/c15-10-6-7-12-11(8-10)13(18-17-12)16-14(19)9-4-2-1-3-5-9/h6-9H,1-5H2,(H2,16,17,18,19). The Kier molecular flexibility index (Phi) is 3.19. The van der Waals surface area contributed by atoms with E-state index in [1.807, 2.05) is 0 Å². The molecule has 2 aromatic rings. The summed E-state index contributed by atoms with van der Waals surface area (Å²) in [6.07, 6.45) is 5.29. The van der Waals surface area contributed by atoms with E-state index < -0.39 is 0 Å². The third-order valence-corrected chi connectivity index (χ3v) is 3.74. The minimum atomic E-state index is -0.331. The number of H-pyrrole nitrogens is 1. The van der Waals surface area contributed by atoms with Crippen molar-refractivity contribution in [2.45, 2.75) is 32.1 Å². The number of carbonyl (C=O) groups excluding carboxylic acids is 1. The van der Waals surface area contributed by atoms with Gasteiger partial charge in [-0.25, -0.2) is 4.39 Å². The van der Waals surface area contributed by atoms with Gasteiger partial charge in [-0.2, -0.15) is 5.10 Å². The molecule has 0 atom stereocenters. The van der Waals surface area contributed by atoms with Crippen molar-refractivity contribution in [3.8, 4) is 0 Å². The second-order valence-corrected chi connectivity index (χ2v) is 5.09. The third kappa shape index (κ3) is 2.45. The van der Waals surface area contributed by atoms with Gasteiger partial charge in [0.05, 0.1) is 5.52 Å². The number of aromatic amines is 1. The van der Waals surface area contributed by atoms with Crippen molar-refractivity contribution in [1.29, 1.82) is 0 Å². The van der Waals surface area contributed by atoms with Crippen LogP contribution < -0.4 is 5.32 Å². The second kappa shape index (κ2) is 4.99. The number of nitrogens with zero attached hydrogens (tertiary/aromatic N) is 1. The Hall–Kier alpha value is -1.91. The summed E-state index contributed by atoms with van der Waals surface area (Å²) in [5.74, 6) is 0.151. The van der Waals surface area contributed by atoms with Gasteiger partial charge in [0.2, 0.25) is 5.91 Å². The summed E-state index contributed by atoms with van der Waals surface area (Å²) < 4.78 is 13.2. The zero-order chi connectivity index (χ0) is 13.2. The van der Waals surface area contributed by atoms with Crippen LogP contribution in [-0.2, 0) is 4.79 Å². The molecular weight excluding hydrogens is 245 g/mol. The number of hydrogen-bond donors (Lipinski definition) is 2. The molecule has 5 heteroatoms. The number of hydrogen-bond acceptors (Lipinski definition) is 2. The number of benzene rings is 1. The van der Waals surface area contributed by atoms with Crippen LogP contribution in [0.2, 0.25) is 0 Å². The fourth-order valence-electron chi connectivity index (χ4n) is 2.67. The lowest BCUT2D eigenvalue weighted by molar-refractivity contribution is -0.120. The van der Waals surface area contributed by atoms with Crippen molar-refractivity contribution in [1.82, 2.24) is 10.2 Å². The van der Waals surface area contributed by atoms with E-state index in [1.54, 1.807) is 6.07 Å². The summed E-state index contributed by atoms with van der Waals surface area (Å²) >= 11 is 0. The predicted molar refractivity (Wildman–Crippen MR) is 71.3 cm³/mol. The largest absolute Gasteiger partial charge is 0.308 e. The molecule has 2 N–H and O–H groups in total. The van der Waals surface area contributed by atoms with Gasteiger partial charge in [0.1, 0.15) is 5.82 Å². The van der Waals surface area contributed by atoms with Crippen molar-refractivity contribution < 1.29 is 9.18 Å². The van der Waals surface area contributed by atoms with E-state index in [0.29, 0.717) is 11.2 Å². The van der Waals surface area contributed by atoms with Crippen molar-refractivity contribution >= 4 is 22.6 Å². The maximum atomic E-state index is 13.2. The molecule has 4 nitrogen and oxygen atoms in total. The molecule has 0 radical (unpaired) electrons. The van der Waals surface area contributed by atoms with Crippen LogP contribution in [0.25, 0.3) is 10.9 Å². The first-order chi connectivity index (χ1) is 9.24. The van der Waals surface area contributed by atoms with E-state index in [-0.39, 0.29) is 17.6 Å². The van der Waals surface area contributed by atoms with Crippen LogP contribution >= 0.6 is 0 Å². The minimum absolute atomic E-state index is 0.00244. The number of aromatic nitrogens is 2. The lowest BCUT2D eigenvalue weighted by atomic mass is 9.89. The first-order valence-electron chi connectivity index (χ1n) is 6.68. The second-order valence-electron chi connectivity index (χ2n) is 5.09. The zero-order valence-corrected chi connectivity index (χ0v) is 10.6. The molecule has 1 saturated carbocycles. The summed E-state index contributed by atoms with van der Waals surface area (Å²) in [6, 6.07) is 4.37. The molecule has 1 aliphatic rings. The molecule has 1 aliphatic carbocycles. The van der Waals surface area contributed by atoms with E-state index in [1.165, 1.54) is 18.6 Å². The number of halogens is 1. The topological polar surface area (TPSA) is 57.8 Å². The Labute approximate surface area is 110 Å². The van der Waals surface area contributed by atoms with E-state index >= 15 is 0 Å². The molecular formula is C14H16FN3O. The van der Waals surface area contributed by atoms with Crippen molar-refractivity contribution in [2.75, 3.05) is 5.32 Å². The number of nitrogens with one attached hydrogen (secondary N) is 2. The van der Waals surface area contributed by atoms with Crippen LogP contribution in [0.3, 0.4) is 0 Å². The Morgan fingerprint density at radius 1 is 1.32 bits per heavy atom. The number of fused-ring (bicyclic) bond motifs is 1. The molecule has 1 aromatic heterocycles. The highest BCUT2D eigenvalue weighted by Crippen LogP contribution is 2.26. The summed E-state index contributed by atoms with van der Waals surface area (Å²) in [5, 5.41) is 10.3. The fourth-order valence-corrected chi connectivity index (χ4v) is 2.67. The van der Waals surface area contributed by atoms with Crippen LogP contribution in [0.5, 0.6) is 0 Å². The first kappa shape index (κ1) is 12.1. The van der Waals surface area contributed by atoms with Gasteiger partial charge in [-0.15, -0.1) is 0 Å².